The Kier molecular flexibility index (Phi) is 4.15. The molecule has 23 heavy (non-hydrogen) atoms. The lowest BCUT2D eigenvalue weighted by Gasteiger charge is -2.37. The molecule has 0 radical (unpaired) electrons. The molecule has 0 N–H and O–H groups in total. The van der Waals surface area contributed by atoms with E-state index in [1.165, 1.54) is 43.2 Å². The first-order chi connectivity index (χ1) is 11.3. The van der Waals surface area contributed by atoms with Crippen LogP contribution >= 0.6 is 0 Å². The van der Waals surface area contributed by atoms with Gasteiger partial charge in [0.05, 0.1) is 0 Å². The van der Waals surface area contributed by atoms with Gasteiger partial charge in [0.1, 0.15) is 0 Å². The molecule has 2 aromatic carbocycles. The molecule has 0 saturated heterocycles. The minimum Gasteiger partial charge on any atom is -0.0690 e. The summed E-state index contributed by atoms with van der Waals surface area (Å²) in [5.74, 6) is 1.71. The van der Waals surface area contributed by atoms with Gasteiger partial charge < -0.3 is 0 Å². The van der Waals surface area contributed by atoms with Crippen molar-refractivity contribution in [3.05, 3.63) is 82.9 Å². The van der Waals surface area contributed by atoms with Gasteiger partial charge in [0, 0.05) is 0 Å². The number of benzene rings is 2. The van der Waals surface area contributed by atoms with E-state index in [-0.39, 0.29) is 0 Å². The van der Waals surface area contributed by atoms with E-state index in [0.29, 0.717) is 0 Å². The summed E-state index contributed by atoms with van der Waals surface area (Å²) in [6.45, 7) is 0. The monoisotopic (exact) mass is 300 g/mol. The summed E-state index contributed by atoms with van der Waals surface area (Å²) in [4.78, 5) is 0. The molecule has 2 aliphatic carbocycles. The van der Waals surface area contributed by atoms with Crippen LogP contribution in [0.2, 0.25) is 0 Å². The van der Waals surface area contributed by atoms with Gasteiger partial charge in [-0.05, 0) is 55.1 Å². The molecule has 116 valence electrons. The second-order valence-corrected chi connectivity index (χ2v) is 7.21. The zero-order valence-corrected chi connectivity index (χ0v) is 13.6. The fourth-order valence-corrected chi connectivity index (χ4v) is 4.40. The van der Waals surface area contributed by atoms with Crippen molar-refractivity contribution in [2.24, 2.45) is 11.8 Å². The van der Waals surface area contributed by atoms with Gasteiger partial charge in [-0.2, -0.15) is 0 Å². The van der Waals surface area contributed by atoms with Gasteiger partial charge in [-0.15, -0.1) is 0 Å². The molecular formula is C23H24. The van der Waals surface area contributed by atoms with E-state index in [9.17, 15) is 0 Å². The van der Waals surface area contributed by atoms with E-state index in [0.717, 1.165) is 11.8 Å². The first-order valence-electron chi connectivity index (χ1n) is 8.84. The summed E-state index contributed by atoms with van der Waals surface area (Å²) in [5.41, 5.74) is 6.05. The standard InChI is InChI=1S/C23H24/c1-3-7-18(8-4-1)11-20-13-22-15-21(16-23(14-20)17-22)12-19-9-5-2-6-10-19/h1-12,22-23H,13-17H2. The number of hydrogen-bond donors (Lipinski definition) is 0. The van der Waals surface area contributed by atoms with Crippen molar-refractivity contribution in [3.8, 4) is 0 Å². The van der Waals surface area contributed by atoms with E-state index >= 15 is 0 Å². The summed E-state index contributed by atoms with van der Waals surface area (Å²) >= 11 is 0. The van der Waals surface area contributed by atoms with Crippen LogP contribution in [0, 0.1) is 11.8 Å². The second kappa shape index (κ2) is 6.58. The molecule has 0 atom stereocenters. The van der Waals surface area contributed by atoms with Gasteiger partial charge in [0.15, 0.2) is 0 Å². The highest BCUT2D eigenvalue weighted by Crippen LogP contribution is 2.45. The average Bonchev–Trinajstić information content (AvgIpc) is 2.56. The molecule has 2 saturated carbocycles. The lowest BCUT2D eigenvalue weighted by molar-refractivity contribution is 0.275. The molecule has 2 aromatic rings. The lowest BCUT2D eigenvalue weighted by Crippen LogP contribution is -2.23. The molecule has 0 aliphatic heterocycles. The largest absolute Gasteiger partial charge is 0.0690 e. The normalized spacial score (nSPS) is 23.5. The molecule has 0 nitrogen and oxygen atoms in total. The molecule has 0 spiro atoms. The maximum Gasteiger partial charge on any atom is -0.0257 e. The fourth-order valence-electron chi connectivity index (χ4n) is 4.40. The zero-order chi connectivity index (χ0) is 15.5. The quantitative estimate of drug-likeness (QED) is 0.605. The van der Waals surface area contributed by atoms with E-state index in [2.05, 4.69) is 72.8 Å². The third-order valence-corrected chi connectivity index (χ3v) is 5.21. The van der Waals surface area contributed by atoms with Crippen LogP contribution in [0.15, 0.2) is 71.8 Å². The van der Waals surface area contributed by atoms with Gasteiger partial charge in [-0.25, -0.2) is 0 Å². The Balaban J connectivity index is 1.49. The minimum atomic E-state index is 0.854. The Morgan fingerprint density at radius 3 is 1.35 bits per heavy atom. The van der Waals surface area contributed by atoms with Crippen LogP contribution in [0.5, 0.6) is 0 Å². The van der Waals surface area contributed by atoms with Crippen LogP contribution in [-0.2, 0) is 0 Å². The lowest BCUT2D eigenvalue weighted by atomic mass is 9.68. The highest BCUT2D eigenvalue weighted by Gasteiger charge is 2.30. The van der Waals surface area contributed by atoms with Crippen LogP contribution in [0.1, 0.15) is 43.2 Å². The van der Waals surface area contributed by atoms with Gasteiger partial charge >= 0.3 is 0 Å². The van der Waals surface area contributed by atoms with Crippen LogP contribution < -0.4 is 0 Å². The Labute approximate surface area is 139 Å². The first kappa shape index (κ1) is 14.5. The van der Waals surface area contributed by atoms with Crippen molar-refractivity contribution in [2.75, 3.05) is 0 Å². The SMILES string of the molecule is C(=C1CC2CC(=Cc3ccccc3)CC(C1)C2)c1ccccc1. The molecule has 0 heterocycles. The van der Waals surface area contributed by atoms with Crippen LogP contribution in [0.3, 0.4) is 0 Å². The highest BCUT2D eigenvalue weighted by molar-refractivity contribution is 5.55. The van der Waals surface area contributed by atoms with E-state index in [4.69, 9.17) is 0 Å². The van der Waals surface area contributed by atoms with Gasteiger partial charge in [0.2, 0.25) is 0 Å². The van der Waals surface area contributed by atoms with E-state index < -0.39 is 0 Å². The Bertz CT molecular complexity index is 627. The van der Waals surface area contributed by atoms with Crippen LogP contribution in [-0.4, -0.2) is 0 Å². The number of allylic oxidation sites excluding steroid dienone is 2. The highest BCUT2D eigenvalue weighted by atomic mass is 14.4. The average molecular weight is 300 g/mol. The van der Waals surface area contributed by atoms with E-state index in [1.807, 2.05) is 0 Å². The first-order valence-corrected chi connectivity index (χ1v) is 8.84. The molecule has 4 rings (SSSR count). The van der Waals surface area contributed by atoms with Crippen molar-refractivity contribution < 1.29 is 0 Å². The molecule has 0 amide bonds. The third-order valence-electron chi connectivity index (χ3n) is 5.21. The fraction of sp³-hybridized carbons (Fsp3) is 0.304. The van der Waals surface area contributed by atoms with Crippen molar-refractivity contribution in [3.63, 3.8) is 0 Å². The molecular weight excluding hydrogens is 276 g/mol. The summed E-state index contributed by atoms with van der Waals surface area (Å²) in [7, 11) is 0. The number of hydrogen-bond acceptors (Lipinski definition) is 0. The van der Waals surface area contributed by atoms with E-state index in [1.54, 1.807) is 11.1 Å². The van der Waals surface area contributed by atoms with Crippen molar-refractivity contribution >= 4 is 12.2 Å². The smallest absolute Gasteiger partial charge is 0.0257 e. The number of rotatable bonds is 2. The summed E-state index contributed by atoms with van der Waals surface area (Å²) in [6.07, 6.45) is 11.5. The van der Waals surface area contributed by atoms with Crippen molar-refractivity contribution in [1.29, 1.82) is 0 Å². The molecule has 2 fully saturated rings. The van der Waals surface area contributed by atoms with Crippen LogP contribution in [0.25, 0.3) is 12.2 Å². The summed E-state index contributed by atoms with van der Waals surface area (Å²) < 4.78 is 0. The van der Waals surface area contributed by atoms with Gasteiger partial charge in [-0.1, -0.05) is 84.0 Å². The van der Waals surface area contributed by atoms with Gasteiger partial charge in [-0.3, -0.25) is 0 Å². The zero-order valence-electron chi connectivity index (χ0n) is 13.6. The number of fused-ring (bicyclic) bond motifs is 2. The molecule has 0 heteroatoms. The Hall–Kier alpha value is -2.08. The Morgan fingerprint density at radius 2 is 0.957 bits per heavy atom. The van der Waals surface area contributed by atoms with Crippen molar-refractivity contribution in [2.45, 2.75) is 32.1 Å². The van der Waals surface area contributed by atoms with Crippen LogP contribution in [0.4, 0.5) is 0 Å². The Morgan fingerprint density at radius 1 is 0.565 bits per heavy atom. The second-order valence-electron chi connectivity index (χ2n) is 7.21. The predicted octanol–water partition coefficient (Wildman–Crippen LogP) is 6.36. The summed E-state index contributed by atoms with van der Waals surface area (Å²) in [5, 5.41) is 0. The predicted molar refractivity (Wildman–Crippen MR) is 98.9 cm³/mol. The van der Waals surface area contributed by atoms with Gasteiger partial charge in [0.25, 0.3) is 0 Å². The third kappa shape index (κ3) is 3.64. The molecule has 0 unspecified atom stereocenters. The molecule has 2 aliphatic rings. The minimum absolute atomic E-state index is 0.854. The van der Waals surface area contributed by atoms with Crippen molar-refractivity contribution in [1.82, 2.24) is 0 Å². The molecule has 2 bridgehead atoms. The summed E-state index contributed by atoms with van der Waals surface area (Å²) in [6, 6.07) is 21.6. The molecule has 0 aromatic heterocycles. The topological polar surface area (TPSA) is 0 Å². The maximum absolute atomic E-state index is 2.44. The maximum atomic E-state index is 2.44.